The standard InChI is InChI=1S/C13H10FNO2/c14-11-3-1-2-10(12(11)15)13(17)8-4-6-9(16)7-5-8/h1-7,16H,15H2. The number of phenols is 1. The Morgan fingerprint density at radius 3 is 2.41 bits per heavy atom. The predicted molar refractivity (Wildman–Crippen MR) is 62.4 cm³/mol. The number of hydrogen-bond acceptors (Lipinski definition) is 3. The fourth-order valence-corrected chi connectivity index (χ4v) is 1.50. The number of anilines is 1. The van der Waals surface area contributed by atoms with E-state index in [2.05, 4.69) is 0 Å². The van der Waals surface area contributed by atoms with Crippen LogP contribution in [0.2, 0.25) is 0 Å². The van der Waals surface area contributed by atoms with E-state index in [0.717, 1.165) is 0 Å². The monoisotopic (exact) mass is 231 g/mol. The van der Waals surface area contributed by atoms with Crippen LogP contribution in [0.5, 0.6) is 5.75 Å². The summed E-state index contributed by atoms with van der Waals surface area (Å²) in [7, 11) is 0. The molecule has 0 fully saturated rings. The van der Waals surface area contributed by atoms with Crippen LogP contribution in [0.15, 0.2) is 42.5 Å². The van der Waals surface area contributed by atoms with E-state index in [4.69, 9.17) is 10.8 Å². The van der Waals surface area contributed by atoms with Gasteiger partial charge in [0, 0.05) is 11.1 Å². The van der Waals surface area contributed by atoms with Gasteiger partial charge in [0.05, 0.1) is 5.69 Å². The van der Waals surface area contributed by atoms with Crippen LogP contribution in [-0.2, 0) is 0 Å². The van der Waals surface area contributed by atoms with Crippen LogP contribution in [-0.4, -0.2) is 10.9 Å². The van der Waals surface area contributed by atoms with Crippen molar-refractivity contribution >= 4 is 11.5 Å². The Bertz CT molecular complexity index is 564. The van der Waals surface area contributed by atoms with Crippen LogP contribution in [0.3, 0.4) is 0 Å². The molecule has 0 atom stereocenters. The largest absolute Gasteiger partial charge is 0.508 e. The Kier molecular flexibility index (Phi) is 2.78. The summed E-state index contributed by atoms with van der Waals surface area (Å²) in [6.07, 6.45) is 0. The van der Waals surface area contributed by atoms with Crippen LogP contribution < -0.4 is 5.73 Å². The zero-order valence-electron chi connectivity index (χ0n) is 8.85. The van der Waals surface area contributed by atoms with Crippen LogP contribution in [0.4, 0.5) is 10.1 Å². The zero-order chi connectivity index (χ0) is 12.4. The van der Waals surface area contributed by atoms with Crippen molar-refractivity contribution in [1.82, 2.24) is 0 Å². The molecule has 2 aromatic carbocycles. The van der Waals surface area contributed by atoms with Gasteiger partial charge in [0.1, 0.15) is 11.6 Å². The molecule has 3 nitrogen and oxygen atoms in total. The number of phenolic OH excluding ortho intramolecular Hbond substituents is 1. The zero-order valence-corrected chi connectivity index (χ0v) is 8.85. The molecule has 0 amide bonds. The first-order valence-corrected chi connectivity index (χ1v) is 4.97. The average molecular weight is 231 g/mol. The van der Waals surface area contributed by atoms with Crippen LogP contribution in [0.25, 0.3) is 0 Å². The van der Waals surface area contributed by atoms with Crippen LogP contribution >= 0.6 is 0 Å². The Hall–Kier alpha value is -2.36. The Balaban J connectivity index is 2.44. The van der Waals surface area contributed by atoms with Crippen molar-refractivity contribution in [2.75, 3.05) is 5.73 Å². The second-order valence-corrected chi connectivity index (χ2v) is 3.58. The molecule has 2 aromatic rings. The van der Waals surface area contributed by atoms with Gasteiger partial charge in [-0.05, 0) is 36.4 Å². The molecule has 0 aliphatic carbocycles. The summed E-state index contributed by atoms with van der Waals surface area (Å²) >= 11 is 0. The Morgan fingerprint density at radius 1 is 1.12 bits per heavy atom. The highest BCUT2D eigenvalue weighted by atomic mass is 19.1. The highest BCUT2D eigenvalue weighted by molar-refractivity contribution is 6.12. The summed E-state index contributed by atoms with van der Waals surface area (Å²) in [5, 5.41) is 9.11. The third-order valence-electron chi connectivity index (χ3n) is 2.43. The molecule has 0 saturated heterocycles. The molecule has 4 heteroatoms. The minimum absolute atomic E-state index is 0.0637. The van der Waals surface area contributed by atoms with E-state index in [0.29, 0.717) is 5.56 Å². The summed E-state index contributed by atoms with van der Waals surface area (Å²) in [5.41, 5.74) is 5.81. The van der Waals surface area contributed by atoms with Crippen molar-refractivity contribution in [1.29, 1.82) is 0 Å². The summed E-state index contributed by atoms with van der Waals surface area (Å²) < 4.78 is 13.2. The maximum absolute atomic E-state index is 13.2. The van der Waals surface area contributed by atoms with Gasteiger partial charge < -0.3 is 10.8 Å². The van der Waals surface area contributed by atoms with E-state index in [1.165, 1.54) is 42.5 Å². The number of benzene rings is 2. The predicted octanol–water partition coefficient (Wildman–Crippen LogP) is 2.34. The van der Waals surface area contributed by atoms with E-state index < -0.39 is 5.82 Å². The van der Waals surface area contributed by atoms with Crippen molar-refractivity contribution in [2.45, 2.75) is 0 Å². The Labute approximate surface area is 97.3 Å². The molecule has 0 saturated carbocycles. The summed E-state index contributed by atoms with van der Waals surface area (Å²) in [4.78, 5) is 12.0. The number of nitrogens with two attached hydrogens (primary N) is 1. The maximum Gasteiger partial charge on any atom is 0.195 e. The number of para-hydroxylation sites is 1. The highest BCUT2D eigenvalue weighted by Crippen LogP contribution is 2.20. The lowest BCUT2D eigenvalue weighted by molar-refractivity contribution is 0.103. The molecule has 86 valence electrons. The van der Waals surface area contributed by atoms with Gasteiger partial charge in [-0.3, -0.25) is 4.79 Å². The summed E-state index contributed by atoms with van der Waals surface area (Å²) in [6.45, 7) is 0. The Morgan fingerprint density at radius 2 is 1.76 bits per heavy atom. The van der Waals surface area contributed by atoms with Gasteiger partial charge in [-0.2, -0.15) is 0 Å². The maximum atomic E-state index is 13.2. The average Bonchev–Trinajstić information content (AvgIpc) is 2.33. The molecular weight excluding hydrogens is 221 g/mol. The van der Waals surface area contributed by atoms with Crippen molar-refractivity contribution in [2.24, 2.45) is 0 Å². The van der Waals surface area contributed by atoms with E-state index in [1.54, 1.807) is 0 Å². The van der Waals surface area contributed by atoms with Gasteiger partial charge in [-0.1, -0.05) is 6.07 Å². The fourth-order valence-electron chi connectivity index (χ4n) is 1.50. The molecule has 3 N–H and O–H groups in total. The molecule has 0 aliphatic heterocycles. The third kappa shape index (κ3) is 2.10. The van der Waals surface area contributed by atoms with Crippen molar-refractivity contribution in [3.05, 3.63) is 59.4 Å². The second-order valence-electron chi connectivity index (χ2n) is 3.58. The molecule has 0 bridgehead atoms. The van der Waals surface area contributed by atoms with Gasteiger partial charge in [0.15, 0.2) is 5.78 Å². The normalized spacial score (nSPS) is 10.2. The molecule has 0 radical (unpaired) electrons. The topological polar surface area (TPSA) is 63.3 Å². The van der Waals surface area contributed by atoms with Gasteiger partial charge in [-0.25, -0.2) is 4.39 Å². The molecule has 2 rings (SSSR count). The molecule has 0 unspecified atom stereocenters. The van der Waals surface area contributed by atoms with E-state index in [-0.39, 0.29) is 22.8 Å². The molecule has 17 heavy (non-hydrogen) atoms. The van der Waals surface area contributed by atoms with Crippen molar-refractivity contribution < 1.29 is 14.3 Å². The van der Waals surface area contributed by atoms with Gasteiger partial charge >= 0.3 is 0 Å². The first-order valence-electron chi connectivity index (χ1n) is 4.97. The lowest BCUT2D eigenvalue weighted by atomic mass is 10.0. The van der Waals surface area contributed by atoms with Crippen LogP contribution in [0.1, 0.15) is 15.9 Å². The molecule has 0 aromatic heterocycles. The summed E-state index contributed by atoms with van der Waals surface area (Å²) in [5.74, 6) is -0.926. The number of ketones is 1. The number of rotatable bonds is 2. The number of halogens is 1. The van der Waals surface area contributed by atoms with E-state index in [1.807, 2.05) is 0 Å². The third-order valence-corrected chi connectivity index (χ3v) is 2.43. The smallest absolute Gasteiger partial charge is 0.195 e. The van der Waals surface area contributed by atoms with Gasteiger partial charge in [-0.15, -0.1) is 0 Å². The number of hydrogen-bond donors (Lipinski definition) is 2. The van der Waals surface area contributed by atoms with E-state index >= 15 is 0 Å². The lowest BCUT2D eigenvalue weighted by Crippen LogP contribution is -2.06. The highest BCUT2D eigenvalue weighted by Gasteiger charge is 2.14. The first-order chi connectivity index (χ1) is 8.09. The number of carbonyl (C=O) groups excluding carboxylic acids is 1. The quantitative estimate of drug-likeness (QED) is 0.616. The summed E-state index contributed by atoms with van der Waals surface area (Å²) in [6, 6.07) is 9.80. The fraction of sp³-hybridized carbons (Fsp3) is 0. The molecule has 0 aliphatic rings. The van der Waals surface area contributed by atoms with Crippen molar-refractivity contribution in [3.8, 4) is 5.75 Å². The van der Waals surface area contributed by atoms with Gasteiger partial charge in [0.2, 0.25) is 0 Å². The lowest BCUT2D eigenvalue weighted by Gasteiger charge is -2.05. The number of aromatic hydroxyl groups is 1. The van der Waals surface area contributed by atoms with Crippen molar-refractivity contribution in [3.63, 3.8) is 0 Å². The SMILES string of the molecule is Nc1c(F)cccc1C(=O)c1ccc(O)cc1. The van der Waals surface area contributed by atoms with Crippen LogP contribution in [0, 0.1) is 5.82 Å². The van der Waals surface area contributed by atoms with Gasteiger partial charge in [0.25, 0.3) is 0 Å². The number of nitrogen functional groups attached to an aromatic ring is 1. The van der Waals surface area contributed by atoms with E-state index in [9.17, 15) is 9.18 Å². The minimum atomic E-state index is -0.616. The minimum Gasteiger partial charge on any atom is -0.508 e. The molecule has 0 spiro atoms. The molecule has 0 heterocycles. The number of carbonyl (C=O) groups is 1. The molecular formula is C13H10FNO2. The second kappa shape index (κ2) is 4.25. The first kappa shape index (κ1) is 11.1.